The Balaban J connectivity index is 1.60. The van der Waals surface area contributed by atoms with Crippen LogP contribution < -0.4 is 5.69 Å². The van der Waals surface area contributed by atoms with Crippen LogP contribution in [0.4, 0.5) is 13.2 Å². The van der Waals surface area contributed by atoms with Crippen molar-refractivity contribution in [2.24, 2.45) is 0 Å². The fourth-order valence-electron chi connectivity index (χ4n) is 3.56. The number of alkyl halides is 3. The lowest BCUT2D eigenvalue weighted by Crippen LogP contribution is -2.24. The number of halogens is 3. The van der Waals surface area contributed by atoms with Crippen LogP contribution in [0.2, 0.25) is 0 Å². The number of benzene rings is 2. The molecule has 0 bridgehead atoms. The maximum absolute atomic E-state index is 13.1. The first kappa shape index (κ1) is 22.7. The van der Waals surface area contributed by atoms with Crippen molar-refractivity contribution in [2.45, 2.75) is 30.3 Å². The first-order chi connectivity index (χ1) is 15.7. The van der Waals surface area contributed by atoms with Gasteiger partial charge in [-0.25, -0.2) is 9.36 Å². The molecule has 0 saturated heterocycles. The highest BCUT2D eigenvalue weighted by molar-refractivity contribution is 8.00. The summed E-state index contributed by atoms with van der Waals surface area (Å²) in [5, 5.41) is 10.6. The number of thioether (sulfide) groups is 1. The average molecular weight is 472 g/mol. The molecule has 0 unspecified atom stereocenters. The second-order valence-corrected chi connectivity index (χ2v) is 8.61. The van der Waals surface area contributed by atoms with Crippen LogP contribution in [-0.2, 0) is 13.0 Å². The maximum atomic E-state index is 13.1. The Morgan fingerprint density at radius 2 is 1.70 bits per heavy atom. The van der Waals surface area contributed by atoms with E-state index in [1.807, 2.05) is 36.4 Å². The van der Waals surface area contributed by atoms with Crippen molar-refractivity contribution >= 4 is 11.8 Å². The molecule has 0 atom stereocenters. The van der Waals surface area contributed by atoms with Crippen molar-refractivity contribution in [3.05, 3.63) is 106 Å². The third kappa shape index (κ3) is 5.31. The summed E-state index contributed by atoms with van der Waals surface area (Å²) >= 11 is -0.236. The summed E-state index contributed by atoms with van der Waals surface area (Å²) in [6.45, 7) is 1.84. The van der Waals surface area contributed by atoms with Crippen molar-refractivity contribution in [1.82, 2.24) is 14.1 Å². The molecule has 0 aliphatic rings. The number of aromatic hydroxyl groups is 1. The molecular weight excluding hydrogens is 451 g/mol. The molecule has 0 radical (unpaired) electrons. The first-order valence-electron chi connectivity index (χ1n) is 10.1. The number of pyridine rings is 1. The molecule has 9 heteroatoms. The summed E-state index contributed by atoms with van der Waals surface area (Å²) in [7, 11) is 0. The quantitative estimate of drug-likeness (QED) is 0.388. The number of imidazole rings is 1. The lowest BCUT2D eigenvalue weighted by atomic mass is 10.1. The van der Waals surface area contributed by atoms with Gasteiger partial charge in [-0.1, -0.05) is 30.3 Å². The Kier molecular flexibility index (Phi) is 6.33. The smallest absolute Gasteiger partial charge is 0.446 e. The fraction of sp³-hybridized carbons (Fsp3) is 0.167. The van der Waals surface area contributed by atoms with Crippen LogP contribution in [0.1, 0.15) is 22.5 Å². The fourth-order valence-corrected chi connectivity index (χ4v) is 4.10. The van der Waals surface area contributed by atoms with E-state index in [0.717, 1.165) is 21.4 Å². The Morgan fingerprint density at radius 1 is 1.00 bits per heavy atom. The monoisotopic (exact) mass is 471 g/mol. The zero-order valence-electron chi connectivity index (χ0n) is 17.6. The summed E-state index contributed by atoms with van der Waals surface area (Å²) in [6, 6.07) is 18.9. The molecule has 4 aromatic rings. The Hall–Kier alpha value is -3.46. The minimum absolute atomic E-state index is 0.00215. The van der Waals surface area contributed by atoms with Crippen molar-refractivity contribution in [3.63, 3.8) is 0 Å². The van der Waals surface area contributed by atoms with E-state index >= 15 is 0 Å². The van der Waals surface area contributed by atoms with Gasteiger partial charge in [-0.15, -0.1) is 0 Å². The standard InChI is InChI=1S/C24H20F3N3O2S/c1-16-22(31)30(20-7-9-21(10-8-20)33-24(25,26)27)23(32)29(16)15-18-11-12-28-19(14-18)13-17-5-3-2-4-6-17/h2-12,14,31H,13,15H2,1H3. The highest BCUT2D eigenvalue weighted by Gasteiger charge is 2.29. The molecule has 33 heavy (non-hydrogen) atoms. The van der Waals surface area contributed by atoms with E-state index in [1.54, 1.807) is 19.2 Å². The van der Waals surface area contributed by atoms with E-state index in [-0.39, 0.29) is 34.8 Å². The van der Waals surface area contributed by atoms with Crippen LogP contribution in [0.3, 0.4) is 0 Å². The molecule has 2 heterocycles. The van der Waals surface area contributed by atoms with Crippen LogP contribution in [0.25, 0.3) is 5.69 Å². The van der Waals surface area contributed by atoms with Crippen LogP contribution in [0, 0.1) is 6.92 Å². The molecule has 5 nitrogen and oxygen atoms in total. The van der Waals surface area contributed by atoms with Gasteiger partial charge in [0.05, 0.1) is 17.9 Å². The number of rotatable bonds is 6. The molecule has 0 fully saturated rings. The highest BCUT2D eigenvalue weighted by atomic mass is 32.2. The molecule has 0 aliphatic heterocycles. The van der Waals surface area contributed by atoms with Crippen molar-refractivity contribution in [2.75, 3.05) is 0 Å². The Bertz CT molecular complexity index is 1310. The van der Waals surface area contributed by atoms with Gasteiger partial charge >= 0.3 is 11.2 Å². The second kappa shape index (κ2) is 9.19. The third-order valence-corrected chi connectivity index (χ3v) is 5.88. The number of nitrogens with zero attached hydrogens (tertiary/aromatic N) is 3. The van der Waals surface area contributed by atoms with E-state index in [4.69, 9.17) is 0 Å². The highest BCUT2D eigenvalue weighted by Crippen LogP contribution is 2.37. The maximum Gasteiger partial charge on any atom is 0.446 e. The van der Waals surface area contributed by atoms with E-state index in [2.05, 4.69) is 4.98 Å². The van der Waals surface area contributed by atoms with E-state index in [9.17, 15) is 23.1 Å². The average Bonchev–Trinajstić information content (AvgIpc) is 2.98. The topological polar surface area (TPSA) is 60.1 Å². The van der Waals surface area contributed by atoms with E-state index < -0.39 is 11.2 Å². The Morgan fingerprint density at radius 3 is 2.36 bits per heavy atom. The van der Waals surface area contributed by atoms with Gasteiger partial charge < -0.3 is 5.11 Å². The number of hydrogen-bond acceptors (Lipinski definition) is 4. The molecule has 0 saturated carbocycles. The van der Waals surface area contributed by atoms with Crippen molar-refractivity contribution in [1.29, 1.82) is 0 Å². The van der Waals surface area contributed by atoms with Gasteiger partial charge in [0.1, 0.15) is 0 Å². The Labute approximate surface area is 192 Å². The SMILES string of the molecule is Cc1c(O)n(-c2ccc(SC(F)(F)F)cc2)c(=O)n1Cc1ccnc(Cc2ccccc2)c1. The van der Waals surface area contributed by atoms with Gasteiger partial charge in [-0.05, 0) is 66.2 Å². The van der Waals surface area contributed by atoms with Crippen LogP contribution >= 0.6 is 11.8 Å². The summed E-state index contributed by atoms with van der Waals surface area (Å²) < 4.78 is 40.2. The summed E-state index contributed by atoms with van der Waals surface area (Å²) in [6.07, 6.45) is 2.33. The van der Waals surface area contributed by atoms with Gasteiger partial charge in [0.25, 0.3) is 0 Å². The van der Waals surface area contributed by atoms with Crippen molar-refractivity contribution in [3.8, 4) is 11.6 Å². The predicted molar refractivity (Wildman–Crippen MR) is 121 cm³/mol. The molecule has 4 rings (SSSR count). The normalized spacial score (nSPS) is 11.6. The van der Waals surface area contributed by atoms with E-state index in [0.29, 0.717) is 12.1 Å². The third-order valence-electron chi connectivity index (χ3n) is 5.14. The summed E-state index contributed by atoms with van der Waals surface area (Å²) in [5.74, 6) is -0.255. The molecule has 0 aliphatic carbocycles. The van der Waals surface area contributed by atoms with Gasteiger partial charge in [-0.2, -0.15) is 13.2 Å². The van der Waals surface area contributed by atoms with E-state index in [1.165, 1.54) is 28.8 Å². The first-order valence-corrected chi connectivity index (χ1v) is 10.9. The number of hydrogen-bond donors (Lipinski definition) is 1. The van der Waals surface area contributed by atoms with Gasteiger partial charge in [-0.3, -0.25) is 9.55 Å². The predicted octanol–water partition coefficient (Wildman–Crippen LogP) is 5.30. The number of aromatic nitrogens is 3. The van der Waals surface area contributed by atoms with Gasteiger partial charge in [0.15, 0.2) is 0 Å². The summed E-state index contributed by atoms with van der Waals surface area (Å²) in [5.41, 5.74) is -1.43. The lowest BCUT2D eigenvalue weighted by molar-refractivity contribution is -0.0328. The van der Waals surface area contributed by atoms with Gasteiger partial charge in [0, 0.05) is 23.2 Å². The van der Waals surface area contributed by atoms with Crippen LogP contribution in [0.5, 0.6) is 5.88 Å². The van der Waals surface area contributed by atoms with Crippen molar-refractivity contribution < 1.29 is 18.3 Å². The largest absolute Gasteiger partial charge is 0.493 e. The lowest BCUT2D eigenvalue weighted by Gasteiger charge is -2.07. The molecule has 170 valence electrons. The molecule has 1 N–H and O–H groups in total. The molecule has 0 amide bonds. The second-order valence-electron chi connectivity index (χ2n) is 7.47. The minimum Gasteiger partial charge on any atom is -0.493 e. The molecular formula is C24H20F3N3O2S. The van der Waals surface area contributed by atoms with Crippen LogP contribution in [-0.4, -0.2) is 24.7 Å². The zero-order valence-corrected chi connectivity index (χ0v) is 18.4. The van der Waals surface area contributed by atoms with Gasteiger partial charge in [0.2, 0.25) is 5.88 Å². The summed E-state index contributed by atoms with van der Waals surface area (Å²) in [4.78, 5) is 17.5. The molecule has 2 aromatic heterocycles. The van der Waals surface area contributed by atoms with Crippen LogP contribution in [0.15, 0.2) is 82.6 Å². The zero-order chi connectivity index (χ0) is 23.6. The minimum atomic E-state index is -4.40. The molecule has 2 aromatic carbocycles. The molecule has 0 spiro atoms.